The number of nitrogens with one attached hydrogen (secondary N) is 1. The minimum atomic E-state index is -0.209. The zero-order valence-corrected chi connectivity index (χ0v) is 21.4. The molecule has 1 amide bonds. The fourth-order valence-corrected chi connectivity index (χ4v) is 5.12. The molecule has 0 aliphatic carbocycles. The highest BCUT2D eigenvalue weighted by atomic mass is 127. The van der Waals surface area contributed by atoms with Gasteiger partial charge in [0.25, 0.3) is 0 Å². The average molecular weight is 569 g/mol. The zero-order chi connectivity index (χ0) is 21.6. The Balaban J connectivity index is 0.00000289. The van der Waals surface area contributed by atoms with Gasteiger partial charge < -0.3 is 15.1 Å². The maximum atomic E-state index is 13.1. The van der Waals surface area contributed by atoms with Crippen LogP contribution in [0.15, 0.2) is 58.4 Å². The highest BCUT2D eigenvalue weighted by Gasteiger charge is 2.31. The van der Waals surface area contributed by atoms with E-state index in [4.69, 9.17) is 0 Å². The van der Waals surface area contributed by atoms with E-state index in [1.54, 1.807) is 23.9 Å². The Kier molecular flexibility index (Phi) is 9.22. The number of nitrogens with zero attached hydrogens (tertiary/aromatic N) is 3. The second-order valence-electron chi connectivity index (χ2n) is 7.92. The fourth-order valence-electron chi connectivity index (χ4n) is 4.35. The number of halogens is 2. The lowest BCUT2D eigenvalue weighted by molar-refractivity contribution is -0.127. The number of carbonyl (C=O) groups is 1. The van der Waals surface area contributed by atoms with E-state index in [1.165, 1.54) is 23.4 Å². The summed E-state index contributed by atoms with van der Waals surface area (Å²) in [5.74, 6) is 2.20. The predicted octanol–water partition coefficient (Wildman–Crippen LogP) is 4.73. The first-order valence-electron chi connectivity index (χ1n) is 10.9. The van der Waals surface area contributed by atoms with Gasteiger partial charge in [0, 0.05) is 61.9 Å². The van der Waals surface area contributed by atoms with Crippen LogP contribution in [-0.2, 0) is 4.79 Å². The van der Waals surface area contributed by atoms with Crippen LogP contribution in [-0.4, -0.2) is 55.7 Å². The molecule has 1 fully saturated rings. The topological polar surface area (TPSA) is 47.9 Å². The number of fused-ring (bicyclic) bond motifs is 1. The van der Waals surface area contributed by atoms with Gasteiger partial charge in [0.2, 0.25) is 5.91 Å². The van der Waals surface area contributed by atoms with Crippen LogP contribution in [0.1, 0.15) is 30.7 Å². The van der Waals surface area contributed by atoms with Gasteiger partial charge in [-0.2, -0.15) is 0 Å². The predicted molar refractivity (Wildman–Crippen MR) is 141 cm³/mol. The zero-order valence-electron chi connectivity index (χ0n) is 18.3. The van der Waals surface area contributed by atoms with E-state index in [1.807, 2.05) is 11.9 Å². The van der Waals surface area contributed by atoms with Crippen molar-refractivity contribution in [1.29, 1.82) is 0 Å². The molecule has 1 N–H and O–H groups in total. The molecular formula is C24H30FIN4OS. The van der Waals surface area contributed by atoms with Crippen LogP contribution in [0.4, 0.5) is 10.1 Å². The SMILES string of the molecule is CN=C(NCCSc1ccc(F)cc1)N1CC(CCN2CCCC2=O)c2ccccc21.I. The molecule has 1 saturated heterocycles. The molecule has 0 saturated carbocycles. The first-order valence-corrected chi connectivity index (χ1v) is 11.9. The molecule has 172 valence electrons. The monoisotopic (exact) mass is 568 g/mol. The molecule has 1 unspecified atom stereocenters. The third-order valence-electron chi connectivity index (χ3n) is 5.92. The average Bonchev–Trinajstić information content (AvgIpc) is 3.37. The highest BCUT2D eigenvalue weighted by molar-refractivity contribution is 14.0. The molecule has 0 bridgehead atoms. The van der Waals surface area contributed by atoms with Gasteiger partial charge in [-0.15, -0.1) is 35.7 Å². The van der Waals surface area contributed by atoms with Gasteiger partial charge in [0.05, 0.1) is 0 Å². The van der Waals surface area contributed by atoms with Crippen LogP contribution >= 0.6 is 35.7 Å². The molecule has 0 radical (unpaired) electrons. The number of hydrogen-bond acceptors (Lipinski definition) is 3. The summed E-state index contributed by atoms with van der Waals surface area (Å²) in [6.45, 7) is 3.35. The van der Waals surface area contributed by atoms with Crippen LogP contribution in [0.5, 0.6) is 0 Å². The maximum Gasteiger partial charge on any atom is 0.222 e. The number of anilines is 1. The van der Waals surface area contributed by atoms with E-state index >= 15 is 0 Å². The summed E-state index contributed by atoms with van der Waals surface area (Å²) in [4.78, 5) is 21.8. The number of amides is 1. The van der Waals surface area contributed by atoms with Crippen molar-refractivity contribution in [2.24, 2.45) is 4.99 Å². The number of likely N-dealkylation sites (tertiary alicyclic amines) is 1. The van der Waals surface area contributed by atoms with Gasteiger partial charge in [-0.25, -0.2) is 4.39 Å². The molecule has 2 aromatic carbocycles. The Bertz CT molecular complexity index is 940. The fraction of sp³-hybridized carbons (Fsp3) is 0.417. The summed E-state index contributed by atoms with van der Waals surface area (Å²) in [5.41, 5.74) is 2.53. The molecule has 4 rings (SSSR count). The highest BCUT2D eigenvalue weighted by Crippen LogP contribution is 2.38. The van der Waals surface area contributed by atoms with E-state index in [-0.39, 0.29) is 29.8 Å². The molecule has 2 aromatic rings. The smallest absolute Gasteiger partial charge is 0.222 e. The van der Waals surface area contributed by atoms with Crippen molar-refractivity contribution in [3.8, 4) is 0 Å². The van der Waals surface area contributed by atoms with Crippen molar-refractivity contribution in [2.45, 2.75) is 30.1 Å². The lowest BCUT2D eigenvalue weighted by atomic mass is 9.98. The molecule has 2 heterocycles. The number of thioether (sulfide) groups is 1. The van der Waals surface area contributed by atoms with E-state index in [0.717, 1.165) is 55.6 Å². The van der Waals surface area contributed by atoms with Crippen LogP contribution in [0.25, 0.3) is 0 Å². The number of hydrogen-bond donors (Lipinski definition) is 1. The van der Waals surface area contributed by atoms with Gasteiger partial charge in [-0.05, 0) is 48.7 Å². The van der Waals surface area contributed by atoms with E-state index in [9.17, 15) is 9.18 Å². The summed E-state index contributed by atoms with van der Waals surface area (Å²) in [6.07, 6.45) is 2.65. The van der Waals surface area contributed by atoms with Gasteiger partial charge in [0.1, 0.15) is 5.82 Å². The van der Waals surface area contributed by atoms with E-state index in [2.05, 4.69) is 39.5 Å². The molecule has 1 atom stereocenters. The van der Waals surface area contributed by atoms with Crippen molar-refractivity contribution in [2.75, 3.05) is 43.9 Å². The number of guanidine groups is 1. The third kappa shape index (κ3) is 5.95. The molecule has 0 spiro atoms. The Morgan fingerprint density at radius 3 is 2.72 bits per heavy atom. The first kappa shape index (κ1) is 24.8. The van der Waals surface area contributed by atoms with E-state index in [0.29, 0.717) is 18.2 Å². The number of para-hydroxylation sites is 1. The minimum absolute atomic E-state index is 0. The lowest BCUT2D eigenvalue weighted by Gasteiger charge is -2.23. The summed E-state index contributed by atoms with van der Waals surface area (Å²) in [7, 11) is 1.81. The molecule has 5 nitrogen and oxygen atoms in total. The second-order valence-corrected chi connectivity index (χ2v) is 9.08. The van der Waals surface area contributed by atoms with Crippen molar-refractivity contribution < 1.29 is 9.18 Å². The third-order valence-corrected chi connectivity index (χ3v) is 6.94. The summed E-state index contributed by atoms with van der Waals surface area (Å²) in [6, 6.07) is 15.1. The molecule has 8 heteroatoms. The summed E-state index contributed by atoms with van der Waals surface area (Å²) < 4.78 is 13.1. The van der Waals surface area contributed by atoms with Crippen LogP contribution in [0.2, 0.25) is 0 Å². The quantitative estimate of drug-likeness (QED) is 0.173. The van der Waals surface area contributed by atoms with Gasteiger partial charge in [0.15, 0.2) is 5.96 Å². The molecule has 2 aliphatic rings. The summed E-state index contributed by atoms with van der Waals surface area (Å²) in [5, 5.41) is 3.48. The van der Waals surface area contributed by atoms with Crippen molar-refractivity contribution in [3.05, 3.63) is 59.9 Å². The normalized spacial score (nSPS) is 18.0. The van der Waals surface area contributed by atoms with Gasteiger partial charge >= 0.3 is 0 Å². The van der Waals surface area contributed by atoms with Crippen molar-refractivity contribution in [3.63, 3.8) is 0 Å². The largest absolute Gasteiger partial charge is 0.355 e. The van der Waals surface area contributed by atoms with E-state index < -0.39 is 0 Å². The van der Waals surface area contributed by atoms with Crippen LogP contribution < -0.4 is 10.2 Å². The van der Waals surface area contributed by atoms with Gasteiger partial charge in [-0.1, -0.05) is 18.2 Å². The second kappa shape index (κ2) is 11.9. The first-order chi connectivity index (χ1) is 15.2. The van der Waals surface area contributed by atoms with Crippen LogP contribution in [0.3, 0.4) is 0 Å². The number of rotatable bonds is 7. The summed E-state index contributed by atoms with van der Waals surface area (Å²) >= 11 is 1.69. The van der Waals surface area contributed by atoms with Gasteiger partial charge in [-0.3, -0.25) is 9.79 Å². The van der Waals surface area contributed by atoms with Crippen molar-refractivity contribution in [1.82, 2.24) is 10.2 Å². The Labute approximate surface area is 210 Å². The molecule has 2 aliphatic heterocycles. The maximum absolute atomic E-state index is 13.1. The Hall–Kier alpha value is -1.81. The standard InChI is InChI=1S/C24H29FN4OS.HI/c1-26-24(27-13-16-31-20-10-8-19(25)9-11-20)29-17-18(21-5-2-3-6-22(21)29)12-15-28-14-4-7-23(28)30;/h2-3,5-6,8-11,18H,4,7,12-17H2,1H3,(H,26,27);1H. The number of aliphatic imine (C=N–C) groups is 1. The molecular weight excluding hydrogens is 538 g/mol. The minimum Gasteiger partial charge on any atom is -0.355 e. The van der Waals surface area contributed by atoms with Crippen LogP contribution in [0, 0.1) is 5.82 Å². The molecule has 32 heavy (non-hydrogen) atoms. The van der Waals surface area contributed by atoms with Crippen molar-refractivity contribution >= 4 is 53.3 Å². The number of carbonyl (C=O) groups excluding carboxylic acids is 1. The Morgan fingerprint density at radius 2 is 2.00 bits per heavy atom. The Morgan fingerprint density at radius 1 is 1.22 bits per heavy atom. The lowest BCUT2D eigenvalue weighted by Crippen LogP contribution is -2.42. The number of benzene rings is 2. The molecule has 0 aromatic heterocycles.